The van der Waals surface area contributed by atoms with Gasteiger partial charge in [-0.05, 0) is 30.7 Å². The van der Waals surface area contributed by atoms with Crippen LogP contribution in [-0.2, 0) is 4.79 Å². The van der Waals surface area contributed by atoms with Gasteiger partial charge in [-0.1, -0.05) is 0 Å². The zero-order chi connectivity index (χ0) is 14.0. The van der Waals surface area contributed by atoms with E-state index in [1.165, 1.54) is 12.1 Å². The van der Waals surface area contributed by atoms with Crippen LogP contribution in [0, 0.1) is 12.7 Å². The largest absolute Gasteiger partial charge is 0.383 e. The lowest BCUT2D eigenvalue weighted by Gasteiger charge is -2.30. The summed E-state index contributed by atoms with van der Waals surface area (Å²) in [5.74, 6) is -0.0527. The molecule has 0 aromatic heterocycles. The summed E-state index contributed by atoms with van der Waals surface area (Å²) in [7, 11) is 3.79. The number of nitrogens with zero attached hydrogens (tertiary/aromatic N) is 2. The van der Waals surface area contributed by atoms with Gasteiger partial charge in [-0.25, -0.2) is 4.39 Å². The van der Waals surface area contributed by atoms with Crippen LogP contribution in [0.25, 0.3) is 0 Å². The van der Waals surface area contributed by atoms with Gasteiger partial charge in [-0.15, -0.1) is 0 Å². The van der Waals surface area contributed by atoms with E-state index in [4.69, 9.17) is 0 Å². The number of hydrogen-bond donors (Lipinski definition) is 0. The van der Waals surface area contributed by atoms with Crippen LogP contribution in [0.2, 0.25) is 0 Å². The zero-order valence-corrected chi connectivity index (χ0v) is 11.6. The van der Waals surface area contributed by atoms with Crippen LogP contribution in [0.5, 0.6) is 0 Å². The van der Waals surface area contributed by atoms with E-state index < -0.39 is 0 Å². The number of carbonyl (C=O) groups excluding carboxylic acids is 1. The third kappa shape index (κ3) is 3.34. The van der Waals surface area contributed by atoms with Crippen molar-refractivity contribution in [1.29, 1.82) is 0 Å². The van der Waals surface area contributed by atoms with E-state index in [-0.39, 0.29) is 11.6 Å². The van der Waals surface area contributed by atoms with Gasteiger partial charge in [0.15, 0.2) is 5.78 Å². The molecule has 1 aliphatic rings. The van der Waals surface area contributed by atoms with E-state index in [2.05, 4.69) is 0 Å². The smallest absolute Gasteiger partial charge is 0.163 e. The summed E-state index contributed by atoms with van der Waals surface area (Å²) >= 11 is 0. The molecule has 3 nitrogen and oxygen atoms in total. The third-order valence-corrected chi connectivity index (χ3v) is 3.13. The standard InChI is InChI=1S/C15H19FN2O/c1-11-6-13(16)8-14(7-11)18-5-4-15(19)12(10-18)9-17(2)3/h6-9H,4-5,10H2,1-3H3. The van der Waals surface area contributed by atoms with Crippen molar-refractivity contribution in [2.24, 2.45) is 0 Å². The number of hydrogen-bond acceptors (Lipinski definition) is 3. The molecule has 0 unspecified atom stereocenters. The van der Waals surface area contributed by atoms with Crippen LogP contribution in [0.4, 0.5) is 10.1 Å². The quantitative estimate of drug-likeness (QED) is 0.764. The number of benzene rings is 1. The summed E-state index contributed by atoms with van der Waals surface area (Å²) in [5, 5.41) is 0. The Morgan fingerprint density at radius 2 is 2.05 bits per heavy atom. The lowest BCUT2D eigenvalue weighted by molar-refractivity contribution is -0.116. The SMILES string of the molecule is Cc1cc(F)cc(N2CCC(=O)C(=CN(C)C)C2)c1. The summed E-state index contributed by atoms with van der Waals surface area (Å²) in [6.45, 7) is 3.06. The van der Waals surface area contributed by atoms with Crippen molar-refractivity contribution in [2.45, 2.75) is 13.3 Å². The molecule has 0 saturated carbocycles. The summed E-state index contributed by atoms with van der Waals surface area (Å²) in [6, 6.07) is 4.98. The maximum Gasteiger partial charge on any atom is 0.163 e. The van der Waals surface area contributed by atoms with Crippen molar-refractivity contribution in [3.63, 3.8) is 0 Å². The average molecular weight is 262 g/mol. The van der Waals surface area contributed by atoms with Crippen molar-refractivity contribution in [3.05, 3.63) is 41.4 Å². The second kappa shape index (κ2) is 5.43. The summed E-state index contributed by atoms with van der Waals surface area (Å²) < 4.78 is 13.5. The fourth-order valence-electron chi connectivity index (χ4n) is 2.31. The van der Waals surface area contributed by atoms with Gasteiger partial charge in [-0.3, -0.25) is 4.79 Å². The Morgan fingerprint density at radius 1 is 1.32 bits per heavy atom. The van der Waals surface area contributed by atoms with Crippen molar-refractivity contribution in [2.75, 3.05) is 32.1 Å². The number of aryl methyl sites for hydroxylation is 1. The average Bonchev–Trinajstić information content (AvgIpc) is 2.30. The number of piperidine rings is 1. The second-order valence-electron chi connectivity index (χ2n) is 5.20. The Balaban J connectivity index is 2.24. The predicted octanol–water partition coefficient (Wildman–Crippen LogP) is 2.36. The molecule has 0 spiro atoms. The van der Waals surface area contributed by atoms with E-state index in [0.29, 0.717) is 19.5 Å². The molecule has 0 aliphatic carbocycles. The summed E-state index contributed by atoms with van der Waals surface area (Å²) in [5.41, 5.74) is 2.51. The van der Waals surface area contributed by atoms with Gasteiger partial charge in [0.25, 0.3) is 0 Å². The molecule has 1 aromatic carbocycles. The van der Waals surface area contributed by atoms with E-state index in [9.17, 15) is 9.18 Å². The Labute approximate surface area is 113 Å². The first-order valence-corrected chi connectivity index (χ1v) is 6.38. The maximum atomic E-state index is 13.5. The van der Waals surface area contributed by atoms with Gasteiger partial charge in [0.05, 0.1) is 0 Å². The minimum atomic E-state index is -0.231. The van der Waals surface area contributed by atoms with Crippen LogP contribution in [0.15, 0.2) is 30.0 Å². The van der Waals surface area contributed by atoms with Crippen LogP contribution in [-0.4, -0.2) is 37.9 Å². The molecule has 0 N–H and O–H groups in total. The van der Waals surface area contributed by atoms with E-state index in [1.807, 2.05) is 43.1 Å². The fraction of sp³-hybridized carbons (Fsp3) is 0.400. The molecule has 0 amide bonds. The van der Waals surface area contributed by atoms with Crippen LogP contribution < -0.4 is 4.90 Å². The Bertz CT molecular complexity index is 503. The van der Waals surface area contributed by atoms with Crippen molar-refractivity contribution in [1.82, 2.24) is 4.90 Å². The monoisotopic (exact) mass is 262 g/mol. The highest BCUT2D eigenvalue weighted by Crippen LogP contribution is 2.23. The first kappa shape index (κ1) is 13.6. The van der Waals surface area contributed by atoms with E-state index in [0.717, 1.165) is 16.8 Å². The highest BCUT2D eigenvalue weighted by Gasteiger charge is 2.22. The Hall–Kier alpha value is -1.84. The zero-order valence-electron chi connectivity index (χ0n) is 11.6. The molecular formula is C15H19FN2O. The van der Waals surface area contributed by atoms with Crippen molar-refractivity contribution >= 4 is 11.5 Å². The third-order valence-electron chi connectivity index (χ3n) is 3.13. The van der Waals surface area contributed by atoms with Crippen molar-refractivity contribution in [3.8, 4) is 0 Å². The number of ketones is 1. The van der Waals surface area contributed by atoms with Gasteiger partial charge in [-0.2, -0.15) is 0 Å². The molecule has 102 valence electrons. The number of carbonyl (C=O) groups is 1. The van der Waals surface area contributed by atoms with Gasteiger partial charge in [0.2, 0.25) is 0 Å². The molecule has 1 aromatic rings. The maximum absolute atomic E-state index is 13.5. The molecule has 4 heteroatoms. The molecular weight excluding hydrogens is 243 g/mol. The Morgan fingerprint density at radius 3 is 2.68 bits per heavy atom. The molecule has 0 bridgehead atoms. The number of rotatable bonds is 2. The molecule has 19 heavy (non-hydrogen) atoms. The van der Waals surface area contributed by atoms with Gasteiger partial charge < -0.3 is 9.80 Å². The predicted molar refractivity (Wildman–Crippen MR) is 74.7 cm³/mol. The summed E-state index contributed by atoms with van der Waals surface area (Å²) in [6.07, 6.45) is 2.33. The number of anilines is 1. The second-order valence-corrected chi connectivity index (χ2v) is 5.20. The first-order valence-electron chi connectivity index (χ1n) is 6.38. The van der Waals surface area contributed by atoms with Crippen LogP contribution in [0.1, 0.15) is 12.0 Å². The normalized spacial score (nSPS) is 18.0. The highest BCUT2D eigenvalue weighted by atomic mass is 19.1. The van der Waals surface area contributed by atoms with Gasteiger partial charge in [0.1, 0.15) is 5.82 Å². The molecule has 0 atom stereocenters. The topological polar surface area (TPSA) is 23.6 Å². The number of halogens is 1. The number of Topliss-reactive ketones (excluding diaryl/α,β-unsaturated/α-hetero) is 1. The summed E-state index contributed by atoms with van der Waals surface area (Å²) in [4.78, 5) is 15.8. The van der Waals surface area contributed by atoms with Crippen LogP contribution >= 0.6 is 0 Å². The molecule has 1 saturated heterocycles. The van der Waals surface area contributed by atoms with Gasteiger partial charge >= 0.3 is 0 Å². The van der Waals surface area contributed by atoms with Crippen LogP contribution in [0.3, 0.4) is 0 Å². The minimum Gasteiger partial charge on any atom is -0.383 e. The minimum absolute atomic E-state index is 0.179. The fourth-order valence-corrected chi connectivity index (χ4v) is 2.31. The van der Waals surface area contributed by atoms with Gasteiger partial charge in [0, 0.05) is 51.1 Å². The van der Waals surface area contributed by atoms with E-state index in [1.54, 1.807) is 0 Å². The van der Waals surface area contributed by atoms with E-state index >= 15 is 0 Å². The lowest BCUT2D eigenvalue weighted by Crippen LogP contribution is -2.36. The highest BCUT2D eigenvalue weighted by molar-refractivity contribution is 5.97. The lowest BCUT2D eigenvalue weighted by atomic mass is 10.0. The molecule has 2 rings (SSSR count). The molecule has 1 aliphatic heterocycles. The van der Waals surface area contributed by atoms with Crippen molar-refractivity contribution < 1.29 is 9.18 Å². The first-order chi connectivity index (χ1) is 8.95. The molecule has 0 radical (unpaired) electrons. The molecule has 1 heterocycles. The molecule has 1 fully saturated rings. The Kier molecular flexibility index (Phi) is 3.88.